The molecule has 1 amide bonds. The fourth-order valence-electron chi connectivity index (χ4n) is 2.49. The zero-order chi connectivity index (χ0) is 14.3. The molecule has 1 aliphatic rings. The molecule has 0 aliphatic heterocycles. The average molecular weight is 269 g/mol. The van der Waals surface area contributed by atoms with Crippen LogP contribution < -0.4 is 0 Å². The quantitative estimate of drug-likeness (QED) is 0.712. The van der Waals surface area contributed by atoms with Crippen LogP contribution in [0.2, 0.25) is 0 Å². The topological polar surface area (TPSA) is 66.8 Å². The Labute approximate surface area is 114 Å². The number of carboxylic acid groups (broad SMARTS) is 1. The van der Waals surface area contributed by atoms with Crippen molar-refractivity contribution in [3.8, 4) is 0 Å². The number of nitrogens with zero attached hydrogens (tertiary/aromatic N) is 1. The van der Waals surface area contributed by atoms with Crippen molar-refractivity contribution < 1.29 is 19.4 Å². The van der Waals surface area contributed by atoms with Crippen LogP contribution in [-0.2, 0) is 14.3 Å². The Kier molecular flexibility index (Phi) is 6.56. The lowest BCUT2D eigenvalue weighted by Crippen LogP contribution is -2.40. The Hall–Kier alpha value is -1.36. The highest BCUT2D eigenvalue weighted by Gasteiger charge is 2.31. The molecule has 1 N–H and O–H groups in total. The van der Waals surface area contributed by atoms with Gasteiger partial charge >= 0.3 is 5.97 Å². The summed E-state index contributed by atoms with van der Waals surface area (Å²) in [6.45, 7) is 5.23. The van der Waals surface area contributed by atoms with E-state index in [9.17, 15) is 9.59 Å². The summed E-state index contributed by atoms with van der Waals surface area (Å²) in [4.78, 5) is 25.0. The number of hydrogen-bond acceptors (Lipinski definition) is 3. The Balaban J connectivity index is 2.51. The minimum Gasteiger partial charge on any atom is -0.481 e. The van der Waals surface area contributed by atoms with Gasteiger partial charge in [0.2, 0.25) is 5.91 Å². The number of carbonyl (C=O) groups excluding carboxylic acids is 1. The van der Waals surface area contributed by atoms with Crippen LogP contribution in [0, 0.1) is 11.8 Å². The van der Waals surface area contributed by atoms with Gasteiger partial charge in [-0.1, -0.05) is 6.08 Å². The molecule has 0 atom stereocenters. The Morgan fingerprint density at radius 3 is 2.37 bits per heavy atom. The molecular formula is C14H23NO4. The van der Waals surface area contributed by atoms with Gasteiger partial charge in [-0.05, 0) is 25.7 Å². The average Bonchev–Trinajstić information content (AvgIpc) is 2.42. The Morgan fingerprint density at radius 2 is 1.89 bits per heavy atom. The maximum absolute atomic E-state index is 12.3. The number of amides is 1. The van der Waals surface area contributed by atoms with E-state index in [4.69, 9.17) is 9.84 Å². The van der Waals surface area contributed by atoms with Gasteiger partial charge in [0.15, 0.2) is 0 Å². The second kappa shape index (κ2) is 7.94. The molecule has 0 heterocycles. The van der Waals surface area contributed by atoms with Crippen LogP contribution in [-0.4, -0.2) is 48.7 Å². The standard InChI is InChI=1S/C14H23NO4/c1-3-8-15(9-10-19-2)13(16)11-4-6-12(7-5-11)14(17)18/h3,11-12H,1,4-10H2,2H3,(H,17,18). The van der Waals surface area contributed by atoms with Gasteiger partial charge in [-0.15, -0.1) is 6.58 Å². The van der Waals surface area contributed by atoms with Gasteiger partial charge in [0.1, 0.15) is 0 Å². The molecule has 108 valence electrons. The van der Waals surface area contributed by atoms with Crippen LogP contribution in [0.3, 0.4) is 0 Å². The second-order valence-corrected chi connectivity index (χ2v) is 4.95. The largest absolute Gasteiger partial charge is 0.481 e. The van der Waals surface area contributed by atoms with Crippen molar-refractivity contribution in [3.05, 3.63) is 12.7 Å². The van der Waals surface area contributed by atoms with E-state index >= 15 is 0 Å². The van der Waals surface area contributed by atoms with Crippen molar-refractivity contribution in [2.24, 2.45) is 11.8 Å². The number of carboxylic acids is 1. The van der Waals surface area contributed by atoms with Crippen molar-refractivity contribution in [2.75, 3.05) is 26.8 Å². The third-order valence-corrected chi connectivity index (χ3v) is 3.65. The summed E-state index contributed by atoms with van der Waals surface area (Å²) in [5, 5.41) is 8.95. The molecule has 5 heteroatoms. The number of ether oxygens (including phenoxy) is 1. The third kappa shape index (κ3) is 4.67. The molecule has 0 unspecified atom stereocenters. The van der Waals surface area contributed by atoms with Gasteiger partial charge in [0.25, 0.3) is 0 Å². The molecule has 0 aromatic rings. The summed E-state index contributed by atoms with van der Waals surface area (Å²) < 4.78 is 5.00. The van der Waals surface area contributed by atoms with Crippen molar-refractivity contribution in [3.63, 3.8) is 0 Å². The number of rotatable bonds is 7. The highest BCUT2D eigenvalue weighted by Crippen LogP contribution is 2.30. The van der Waals surface area contributed by atoms with Crippen LogP contribution in [0.5, 0.6) is 0 Å². The second-order valence-electron chi connectivity index (χ2n) is 4.95. The smallest absolute Gasteiger partial charge is 0.306 e. The summed E-state index contributed by atoms with van der Waals surface area (Å²) in [5.74, 6) is -0.975. The van der Waals surface area contributed by atoms with E-state index in [0.717, 1.165) is 0 Å². The molecule has 0 spiro atoms. The molecule has 1 rings (SSSR count). The number of aliphatic carboxylic acids is 1. The predicted octanol–water partition coefficient (Wildman–Crippen LogP) is 1.54. The van der Waals surface area contributed by atoms with Gasteiger partial charge in [-0.2, -0.15) is 0 Å². The van der Waals surface area contributed by atoms with E-state index < -0.39 is 5.97 Å². The predicted molar refractivity (Wildman–Crippen MR) is 71.7 cm³/mol. The van der Waals surface area contributed by atoms with E-state index in [-0.39, 0.29) is 17.7 Å². The van der Waals surface area contributed by atoms with Gasteiger partial charge in [0, 0.05) is 26.1 Å². The fraction of sp³-hybridized carbons (Fsp3) is 0.714. The Morgan fingerprint density at radius 1 is 1.32 bits per heavy atom. The maximum atomic E-state index is 12.3. The highest BCUT2D eigenvalue weighted by atomic mass is 16.5. The number of methoxy groups -OCH3 is 1. The molecule has 1 fully saturated rings. The molecule has 1 aliphatic carbocycles. The van der Waals surface area contributed by atoms with E-state index in [1.165, 1.54) is 0 Å². The molecule has 19 heavy (non-hydrogen) atoms. The van der Waals surface area contributed by atoms with Gasteiger partial charge < -0.3 is 14.7 Å². The number of carbonyl (C=O) groups is 2. The van der Waals surface area contributed by atoms with Crippen LogP contribution in [0.25, 0.3) is 0 Å². The first kappa shape index (κ1) is 15.7. The zero-order valence-electron chi connectivity index (χ0n) is 11.5. The van der Waals surface area contributed by atoms with Gasteiger partial charge in [0.05, 0.1) is 12.5 Å². The summed E-state index contributed by atoms with van der Waals surface area (Å²) in [6.07, 6.45) is 4.22. The maximum Gasteiger partial charge on any atom is 0.306 e. The normalized spacial score (nSPS) is 22.8. The van der Waals surface area contributed by atoms with E-state index in [0.29, 0.717) is 45.4 Å². The zero-order valence-corrected chi connectivity index (χ0v) is 11.5. The summed E-state index contributed by atoms with van der Waals surface area (Å²) in [6, 6.07) is 0. The molecule has 1 saturated carbocycles. The van der Waals surface area contributed by atoms with Crippen molar-refractivity contribution >= 4 is 11.9 Å². The lowest BCUT2D eigenvalue weighted by Gasteiger charge is -2.30. The molecule has 0 radical (unpaired) electrons. The lowest BCUT2D eigenvalue weighted by molar-refractivity contribution is -0.145. The van der Waals surface area contributed by atoms with E-state index in [2.05, 4.69) is 6.58 Å². The van der Waals surface area contributed by atoms with Crippen molar-refractivity contribution in [1.29, 1.82) is 0 Å². The molecule has 0 aromatic heterocycles. The van der Waals surface area contributed by atoms with Crippen molar-refractivity contribution in [2.45, 2.75) is 25.7 Å². The molecule has 0 bridgehead atoms. The number of hydrogen-bond donors (Lipinski definition) is 1. The minimum absolute atomic E-state index is 0.0487. The Bertz CT molecular complexity index is 321. The fourth-order valence-corrected chi connectivity index (χ4v) is 2.49. The molecule has 0 saturated heterocycles. The van der Waals surface area contributed by atoms with Crippen LogP contribution in [0.4, 0.5) is 0 Å². The van der Waals surface area contributed by atoms with E-state index in [1.807, 2.05) is 0 Å². The highest BCUT2D eigenvalue weighted by molar-refractivity contribution is 5.79. The van der Waals surface area contributed by atoms with Crippen molar-refractivity contribution in [1.82, 2.24) is 4.90 Å². The van der Waals surface area contributed by atoms with E-state index in [1.54, 1.807) is 18.1 Å². The monoisotopic (exact) mass is 269 g/mol. The molecule has 5 nitrogen and oxygen atoms in total. The minimum atomic E-state index is -0.742. The first-order valence-electron chi connectivity index (χ1n) is 6.71. The van der Waals surface area contributed by atoms with Gasteiger partial charge in [-0.25, -0.2) is 0 Å². The van der Waals surface area contributed by atoms with Crippen LogP contribution >= 0.6 is 0 Å². The molecular weight excluding hydrogens is 246 g/mol. The first-order valence-corrected chi connectivity index (χ1v) is 6.71. The summed E-state index contributed by atoms with van der Waals surface area (Å²) in [7, 11) is 1.61. The summed E-state index contributed by atoms with van der Waals surface area (Å²) in [5.41, 5.74) is 0. The third-order valence-electron chi connectivity index (χ3n) is 3.65. The van der Waals surface area contributed by atoms with Crippen LogP contribution in [0.1, 0.15) is 25.7 Å². The van der Waals surface area contributed by atoms with Gasteiger partial charge in [-0.3, -0.25) is 9.59 Å². The van der Waals surface area contributed by atoms with Crippen LogP contribution in [0.15, 0.2) is 12.7 Å². The summed E-state index contributed by atoms with van der Waals surface area (Å²) >= 11 is 0. The first-order chi connectivity index (χ1) is 9.10. The SMILES string of the molecule is C=CCN(CCOC)C(=O)C1CCC(C(=O)O)CC1. The molecule has 0 aromatic carbocycles. The lowest BCUT2D eigenvalue weighted by atomic mass is 9.81.